The van der Waals surface area contributed by atoms with Crippen LogP contribution in [-0.4, -0.2) is 13.1 Å². The van der Waals surface area contributed by atoms with Crippen molar-refractivity contribution < 1.29 is 0 Å². The Hall–Kier alpha value is -1.69. The van der Waals surface area contributed by atoms with Crippen molar-refractivity contribution >= 4 is 11.4 Å². The van der Waals surface area contributed by atoms with Gasteiger partial charge in [0.25, 0.3) is 0 Å². The van der Waals surface area contributed by atoms with Crippen molar-refractivity contribution in [1.82, 2.24) is 0 Å². The first-order valence-corrected chi connectivity index (χ1v) is 6.64. The van der Waals surface area contributed by atoms with E-state index >= 15 is 0 Å². The molecule has 3 heteroatoms. The van der Waals surface area contributed by atoms with Crippen molar-refractivity contribution in [1.29, 1.82) is 5.26 Å². The van der Waals surface area contributed by atoms with Crippen LogP contribution in [0.3, 0.4) is 0 Å². The van der Waals surface area contributed by atoms with Crippen LogP contribution in [-0.2, 0) is 0 Å². The molecular formula is C15H21N3. The lowest BCUT2D eigenvalue weighted by Gasteiger charge is -2.35. The summed E-state index contributed by atoms with van der Waals surface area (Å²) in [7, 11) is 2.09. The fourth-order valence-electron chi connectivity index (χ4n) is 2.75. The van der Waals surface area contributed by atoms with E-state index in [9.17, 15) is 0 Å². The molecule has 0 spiro atoms. The van der Waals surface area contributed by atoms with Crippen LogP contribution < -0.4 is 10.6 Å². The summed E-state index contributed by atoms with van der Waals surface area (Å²) in [5.74, 6) is 0.845. The van der Waals surface area contributed by atoms with Gasteiger partial charge in [0, 0.05) is 13.1 Å². The first-order valence-electron chi connectivity index (χ1n) is 6.64. The van der Waals surface area contributed by atoms with Crippen molar-refractivity contribution in [3.63, 3.8) is 0 Å². The molecule has 0 bridgehead atoms. The summed E-state index contributed by atoms with van der Waals surface area (Å²) in [6, 6.07) is 8.23. The molecule has 0 atom stereocenters. The summed E-state index contributed by atoms with van der Waals surface area (Å²) in [6.45, 7) is 2.32. The van der Waals surface area contributed by atoms with E-state index in [0.29, 0.717) is 11.6 Å². The van der Waals surface area contributed by atoms with Crippen molar-refractivity contribution in [3.05, 3.63) is 23.8 Å². The molecule has 1 aliphatic rings. The van der Waals surface area contributed by atoms with Crippen LogP contribution in [0.4, 0.5) is 11.4 Å². The molecule has 18 heavy (non-hydrogen) atoms. The number of benzene rings is 1. The minimum atomic E-state index is 0.553. The second-order valence-corrected chi connectivity index (χ2v) is 5.41. The molecule has 1 aromatic rings. The highest BCUT2D eigenvalue weighted by atomic mass is 15.1. The molecule has 0 unspecified atom stereocenters. The monoisotopic (exact) mass is 243 g/mol. The molecule has 0 saturated heterocycles. The van der Waals surface area contributed by atoms with Gasteiger partial charge in [0.05, 0.1) is 23.0 Å². The number of nitrogen functional groups attached to an aromatic ring is 1. The smallest absolute Gasteiger partial charge is 0.0992 e. The second kappa shape index (κ2) is 5.30. The lowest BCUT2D eigenvalue weighted by Crippen LogP contribution is -2.35. The highest BCUT2D eigenvalue weighted by molar-refractivity contribution is 5.69. The van der Waals surface area contributed by atoms with Gasteiger partial charge >= 0.3 is 0 Å². The van der Waals surface area contributed by atoms with Crippen molar-refractivity contribution in [3.8, 4) is 6.07 Å². The van der Waals surface area contributed by atoms with Gasteiger partial charge in [-0.15, -0.1) is 0 Å². The van der Waals surface area contributed by atoms with Crippen LogP contribution in [0.5, 0.6) is 0 Å². The van der Waals surface area contributed by atoms with E-state index in [2.05, 4.69) is 24.9 Å². The largest absolute Gasteiger partial charge is 0.397 e. The standard InChI is InChI=1S/C15H21N3/c1-11-3-6-13(7-4-11)18(2)15-9-12(10-16)5-8-14(15)17/h5,8-9,11,13H,3-4,6-7,17H2,1-2H3. The molecule has 0 radical (unpaired) electrons. The first kappa shape index (κ1) is 12.8. The number of hydrogen-bond acceptors (Lipinski definition) is 3. The lowest BCUT2D eigenvalue weighted by atomic mass is 9.86. The lowest BCUT2D eigenvalue weighted by molar-refractivity contribution is 0.341. The van der Waals surface area contributed by atoms with E-state index in [-0.39, 0.29) is 0 Å². The average Bonchev–Trinajstić information content (AvgIpc) is 2.39. The summed E-state index contributed by atoms with van der Waals surface area (Å²) < 4.78 is 0. The van der Waals surface area contributed by atoms with Gasteiger partial charge in [0.15, 0.2) is 0 Å². The predicted octanol–water partition coefficient (Wildman–Crippen LogP) is 3.16. The van der Waals surface area contributed by atoms with Gasteiger partial charge in [0.2, 0.25) is 0 Å². The van der Waals surface area contributed by atoms with Crippen LogP contribution >= 0.6 is 0 Å². The van der Waals surface area contributed by atoms with E-state index in [1.807, 2.05) is 12.1 Å². The SMILES string of the molecule is CC1CCC(N(C)c2cc(C#N)ccc2N)CC1. The summed E-state index contributed by atoms with van der Waals surface area (Å²) in [5.41, 5.74) is 8.46. The van der Waals surface area contributed by atoms with Crippen LogP contribution in [0.1, 0.15) is 38.2 Å². The number of rotatable bonds is 2. The minimum Gasteiger partial charge on any atom is -0.397 e. The van der Waals surface area contributed by atoms with Gasteiger partial charge in [-0.1, -0.05) is 6.92 Å². The molecule has 0 amide bonds. The Balaban J connectivity index is 2.18. The quantitative estimate of drug-likeness (QED) is 0.812. The maximum atomic E-state index is 8.97. The van der Waals surface area contributed by atoms with Crippen LogP contribution in [0, 0.1) is 17.2 Å². The molecule has 1 aromatic carbocycles. The van der Waals surface area contributed by atoms with Crippen molar-refractivity contribution in [2.75, 3.05) is 17.7 Å². The average molecular weight is 243 g/mol. The molecule has 1 fully saturated rings. The zero-order chi connectivity index (χ0) is 13.1. The molecule has 0 heterocycles. The van der Waals surface area contributed by atoms with Crippen LogP contribution in [0.25, 0.3) is 0 Å². The van der Waals surface area contributed by atoms with E-state index in [0.717, 1.165) is 17.3 Å². The number of nitriles is 1. The van der Waals surface area contributed by atoms with E-state index in [4.69, 9.17) is 11.0 Å². The van der Waals surface area contributed by atoms with E-state index < -0.39 is 0 Å². The highest BCUT2D eigenvalue weighted by Crippen LogP contribution is 2.32. The van der Waals surface area contributed by atoms with Gasteiger partial charge in [-0.25, -0.2) is 0 Å². The maximum absolute atomic E-state index is 8.97. The molecule has 96 valence electrons. The normalized spacial score (nSPS) is 23.4. The third kappa shape index (κ3) is 2.59. The van der Waals surface area contributed by atoms with Crippen LogP contribution in [0.2, 0.25) is 0 Å². The molecule has 0 aliphatic heterocycles. The van der Waals surface area contributed by atoms with Crippen molar-refractivity contribution in [2.45, 2.75) is 38.6 Å². The fraction of sp³-hybridized carbons (Fsp3) is 0.533. The number of nitrogens with zero attached hydrogens (tertiary/aromatic N) is 2. The van der Waals surface area contributed by atoms with E-state index in [1.165, 1.54) is 25.7 Å². The minimum absolute atomic E-state index is 0.553. The molecule has 2 N–H and O–H groups in total. The number of hydrogen-bond donors (Lipinski definition) is 1. The Kier molecular flexibility index (Phi) is 3.76. The predicted molar refractivity (Wildman–Crippen MR) is 75.4 cm³/mol. The van der Waals surface area contributed by atoms with Crippen molar-refractivity contribution in [2.24, 2.45) is 5.92 Å². The summed E-state index contributed by atoms with van der Waals surface area (Å²) in [6.07, 6.45) is 5.00. The Morgan fingerprint density at radius 3 is 2.56 bits per heavy atom. The third-order valence-corrected chi connectivity index (χ3v) is 4.07. The summed E-state index contributed by atoms with van der Waals surface area (Å²) in [4.78, 5) is 2.25. The maximum Gasteiger partial charge on any atom is 0.0992 e. The topological polar surface area (TPSA) is 53.0 Å². The summed E-state index contributed by atoms with van der Waals surface area (Å²) in [5, 5.41) is 8.97. The first-order chi connectivity index (χ1) is 8.61. The Labute approximate surface area is 109 Å². The molecular weight excluding hydrogens is 222 g/mol. The van der Waals surface area contributed by atoms with E-state index in [1.54, 1.807) is 6.07 Å². The fourth-order valence-corrected chi connectivity index (χ4v) is 2.75. The molecule has 1 aliphatic carbocycles. The van der Waals surface area contributed by atoms with Gasteiger partial charge in [-0.05, 0) is 49.8 Å². The van der Waals surface area contributed by atoms with Gasteiger partial charge in [-0.2, -0.15) is 5.26 Å². The highest BCUT2D eigenvalue weighted by Gasteiger charge is 2.23. The number of nitrogens with two attached hydrogens (primary N) is 1. The van der Waals surface area contributed by atoms with Gasteiger partial charge in [0.1, 0.15) is 0 Å². The molecule has 3 nitrogen and oxygen atoms in total. The Morgan fingerprint density at radius 1 is 1.28 bits per heavy atom. The third-order valence-electron chi connectivity index (χ3n) is 4.07. The second-order valence-electron chi connectivity index (χ2n) is 5.41. The Morgan fingerprint density at radius 2 is 1.94 bits per heavy atom. The Bertz CT molecular complexity index is 453. The molecule has 1 saturated carbocycles. The van der Waals surface area contributed by atoms with Gasteiger partial charge in [-0.3, -0.25) is 0 Å². The van der Waals surface area contributed by atoms with Crippen LogP contribution in [0.15, 0.2) is 18.2 Å². The zero-order valence-corrected chi connectivity index (χ0v) is 11.2. The zero-order valence-electron chi connectivity index (χ0n) is 11.2. The molecule has 2 rings (SSSR count). The molecule has 0 aromatic heterocycles. The summed E-state index contributed by atoms with van der Waals surface area (Å²) >= 11 is 0. The van der Waals surface area contributed by atoms with Gasteiger partial charge < -0.3 is 10.6 Å². The number of anilines is 2.